The molecule has 3 nitrogen and oxygen atoms in total. The molecule has 1 aliphatic rings. The Hall–Kier alpha value is -0.930. The molecule has 0 N–H and O–H groups in total. The van der Waals surface area contributed by atoms with Crippen molar-refractivity contribution in [3.8, 4) is 11.5 Å². The quantitative estimate of drug-likeness (QED) is 0.777. The number of hydrogen-bond acceptors (Lipinski definition) is 3. The van der Waals surface area contributed by atoms with Crippen molar-refractivity contribution in [2.45, 2.75) is 31.2 Å². The Labute approximate surface area is 119 Å². The maximum Gasteiger partial charge on any atom is 0.160 e. The van der Waals surface area contributed by atoms with E-state index in [1.807, 2.05) is 18.2 Å². The molecule has 1 fully saturated rings. The third-order valence-electron chi connectivity index (χ3n) is 3.78. The summed E-state index contributed by atoms with van der Waals surface area (Å²) >= 11 is 6.53. The van der Waals surface area contributed by atoms with Gasteiger partial charge < -0.3 is 14.2 Å². The highest BCUT2D eigenvalue weighted by Gasteiger charge is 2.30. The standard InChI is InChI=1S/C15H21ClO3/c1-10-12(6-7-19-10)13(16)8-11-4-5-14(17-2)15(9-11)18-3/h4-5,9-10,12-13H,6-8H2,1-3H3. The predicted molar refractivity (Wildman–Crippen MR) is 76.4 cm³/mol. The number of ether oxygens (including phenoxy) is 3. The van der Waals surface area contributed by atoms with Crippen LogP contribution in [0.3, 0.4) is 0 Å². The molecule has 3 atom stereocenters. The summed E-state index contributed by atoms with van der Waals surface area (Å²) in [7, 11) is 3.28. The Balaban J connectivity index is 2.06. The number of methoxy groups -OCH3 is 2. The minimum absolute atomic E-state index is 0.0931. The molecule has 19 heavy (non-hydrogen) atoms. The van der Waals surface area contributed by atoms with Crippen LogP contribution in [0, 0.1) is 5.92 Å². The zero-order valence-electron chi connectivity index (χ0n) is 11.7. The van der Waals surface area contributed by atoms with Gasteiger partial charge in [0.15, 0.2) is 11.5 Å². The molecule has 0 bridgehead atoms. The van der Waals surface area contributed by atoms with Crippen molar-refractivity contribution in [2.24, 2.45) is 5.92 Å². The van der Waals surface area contributed by atoms with E-state index in [0.29, 0.717) is 5.92 Å². The maximum atomic E-state index is 6.53. The number of hydrogen-bond donors (Lipinski definition) is 0. The van der Waals surface area contributed by atoms with Gasteiger partial charge in [-0.05, 0) is 37.5 Å². The summed E-state index contributed by atoms with van der Waals surface area (Å²) in [6.07, 6.45) is 2.12. The average molecular weight is 285 g/mol. The predicted octanol–water partition coefficient (Wildman–Crippen LogP) is 3.28. The Morgan fingerprint density at radius 2 is 2.05 bits per heavy atom. The van der Waals surface area contributed by atoms with Crippen LogP contribution < -0.4 is 9.47 Å². The second-order valence-electron chi connectivity index (χ2n) is 4.94. The van der Waals surface area contributed by atoms with E-state index in [-0.39, 0.29) is 11.5 Å². The molecule has 4 heteroatoms. The van der Waals surface area contributed by atoms with Gasteiger partial charge in [0.05, 0.1) is 20.3 Å². The molecule has 0 spiro atoms. The molecule has 0 radical (unpaired) electrons. The lowest BCUT2D eigenvalue weighted by Crippen LogP contribution is -2.23. The van der Waals surface area contributed by atoms with Gasteiger partial charge in [0.25, 0.3) is 0 Å². The maximum absolute atomic E-state index is 6.53. The molecule has 3 unspecified atom stereocenters. The van der Waals surface area contributed by atoms with E-state index in [0.717, 1.165) is 36.5 Å². The van der Waals surface area contributed by atoms with Crippen LogP contribution in [0.4, 0.5) is 0 Å². The second kappa shape index (κ2) is 6.49. The van der Waals surface area contributed by atoms with Gasteiger partial charge in [-0.15, -0.1) is 11.6 Å². The van der Waals surface area contributed by atoms with Gasteiger partial charge in [0, 0.05) is 17.9 Å². The minimum atomic E-state index is 0.0931. The molecule has 1 aliphatic heterocycles. The lowest BCUT2D eigenvalue weighted by Gasteiger charge is -2.20. The summed E-state index contributed by atoms with van der Waals surface area (Å²) in [4.78, 5) is 0. The van der Waals surface area contributed by atoms with E-state index in [9.17, 15) is 0 Å². The first-order chi connectivity index (χ1) is 9.15. The summed E-state index contributed by atoms with van der Waals surface area (Å²) in [5.41, 5.74) is 1.16. The summed E-state index contributed by atoms with van der Waals surface area (Å²) in [6, 6.07) is 5.96. The lowest BCUT2D eigenvalue weighted by atomic mass is 9.93. The molecule has 1 aromatic rings. The fourth-order valence-corrected chi connectivity index (χ4v) is 3.12. The molecule has 1 heterocycles. The van der Waals surface area contributed by atoms with Gasteiger partial charge in [-0.25, -0.2) is 0 Å². The van der Waals surface area contributed by atoms with E-state index in [1.165, 1.54) is 0 Å². The molecular formula is C15H21ClO3. The van der Waals surface area contributed by atoms with Crippen LogP contribution >= 0.6 is 11.6 Å². The molecule has 2 rings (SSSR count). The summed E-state index contributed by atoms with van der Waals surface area (Å²) < 4.78 is 16.1. The summed E-state index contributed by atoms with van der Waals surface area (Å²) in [6.45, 7) is 2.92. The monoisotopic (exact) mass is 284 g/mol. The average Bonchev–Trinajstić information content (AvgIpc) is 2.85. The van der Waals surface area contributed by atoms with Crippen LogP contribution in [0.25, 0.3) is 0 Å². The van der Waals surface area contributed by atoms with Crippen LogP contribution in [0.2, 0.25) is 0 Å². The fraction of sp³-hybridized carbons (Fsp3) is 0.600. The van der Waals surface area contributed by atoms with Crippen LogP contribution in [-0.4, -0.2) is 32.3 Å². The molecule has 106 valence electrons. The van der Waals surface area contributed by atoms with Crippen LogP contribution in [0.5, 0.6) is 11.5 Å². The highest BCUT2D eigenvalue weighted by Crippen LogP contribution is 2.32. The molecule has 1 saturated heterocycles. The molecular weight excluding hydrogens is 264 g/mol. The van der Waals surface area contributed by atoms with Crippen molar-refractivity contribution in [2.75, 3.05) is 20.8 Å². The number of halogens is 1. The SMILES string of the molecule is COc1ccc(CC(Cl)C2CCOC2C)cc1OC. The number of rotatable bonds is 5. The van der Waals surface area contributed by atoms with Crippen LogP contribution in [0.15, 0.2) is 18.2 Å². The minimum Gasteiger partial charge on any atom is -0.493 e. The van der Waals surface area contributed by atoms with Gasteiger partial charge in [-0.3, -0.25) is 0 Å². The number of benzene rings is 1. The normalized spacial score (nSPS) is 24.2. The molecule has 0 amide bonds. The fourth-order valence-electron chi connectivity index (χ4n) is 2.61. The van der Waals surface area contributed by atoms with Crippen molar-refractivity contribution in [1.82, 2.24) is 0 Å². The van der Waals surface area contributed by atoms with Gasteiger partial charge in [0.2, 0.25) is 0 Å². The van der Waals surface area contributed by atoms with Crippen molar-refractivity contribution in [3.63, 3.8) is 0 Å². The lowest BCUT2D eigenvalue weighted by molar-refractivity contribution is 0.105. The second-order valence-corrected chi connectivity index (χ2v) is 5.50. The van der Waals surface area contributed by atoms with Gasteiger partial charge in [0.1, 0.15) is 0 Å². The Morgan fingerprint density at radius 1 is 1.32 bits per heavy atom. The van der Waals surface area contributed by atoms with Crippen molar-refractivity contribution < 1.29 is 14.2 Å². The molecule has 0 aliphatic carbocycles. The zero-order valence-corrected chi connectivity index (χ0v) is 12.4. The van der Waals surface area contributed by atoms with Crippen LogP contribution in [0.1, 0.15) is 18.9 Å². The first kappa shape index (κ1) is 14.5. The molecule has 1 aromatic carbocycles. The first-order valence-corrected chi connectivity index (χ1v) is 7.06. The number of alkyl halides is 1. The van der Waals surface area contributed by atoms with Crippen molar-refractivity contribution >= 4 is 11.6 Å². The van der Waals surface area contributed by atoms with Gasteiger partial charge in [-0.1, -0.05) is 6.07 Å². The van der Waals surface area contributed by atoms with Gasteiger partial charge >= 0.3 is 0 Å². The van der Waals surface area contributed by atoms with Crippen molar-refractivity contribution in [1.29, 1.82) is 0 Å². The van der Waals surface area contributed by atoms with Gasteiger partial charge in [-0.2, -0.15) is 0 Å². The molecule has 0 saturated carbocycles. The Kier molecular flexibility index (Phi) is 4.94. The van der Waals surface area contributed by atoms with E-state index in [1.54, 1.807) is 14.2 Å². The third kappa shape index (κ3) is 3.34. The largest absolute Gasteiger partial charge is 0.493 e. The van der Waals surface area contributed by atoms with Crippen LogP contribution in [-0.2, 0) is 11.2 Å². The zero-order chi connectivity index (χ0) is 13.8. The van der Waals surface area contributed by atoms with E-state index < -0.39 is 0 Å². The topological polar surface area (TPSA) is 27.7 Å². The van der Waals surface area contributed by atoms with E-state index in [4.69, 9.17) is 25.8 Å². The summed E-state index contributed by atoms with van der Waals surface area (Å²) in [5, 5.41) is 0.0931. The van der Waals surface area contributed by atoms with E-state index >= 15 is 0 Å². The van der Waals surface area contributed by atoms with Crippen molar-refractivity contribution in [3.05, 3.63) is 23.8 Å². The smallest absolute Gasteiger partial charge is 0.160 e. The summed E-state index contributed by atoms with van der Waals surface area (Å²) in [5.74, 6) is 1.92. The highest BCUT2D eigenvalue weighted by atomic mass is 35.5. The Bertz CT molecular complexity index is 422. The highest BCUT2D eigenvalue weighted by molar-refractivity contribution is 6.21. The van der Waals surface area contributed by atoms with E-state index in [2.05, 4.69) is 6.92 Å². The first-order valence-electron chi connectivity index (χ1n) is 6.62. The molecule has 0 aromatic heterocycles. The third-order valence-corrected chi connectivity index (χ3v) is 4.26. The Morgan fingerprint density at radius 3 is 2.63 bits per heavy atom.